The van der Waals surface area contributed by atoms with Gasteiger partial charge in [0, 0.05) is 6.07 Å². The fraction of sp³-hybridized carbons (Fsp3) is 0.160. The molecule has 0 aliphatic heterocycles. The van der Waals surface area contributed by atoms with Crippen LogP contribution in [0.3, 0.4) is 0 Å². The molecule has 0 aliphatic carbocycles. The molecule has 0 spiro atoms. The second-order valence-corrected chi connectivity index (χ2v) is 8.45. The third kappa shape index (κ3) is 6.89. The van der Waals surface area contributed by atoms with Crippen LogP contribution >= 0.6 is 15.9 Å². The van der Waals surface area contributed by atoms with Gasteiger partial charge in [0.15, 0.2) is 23.9 Å². The normalized spacial score (nSPS) is 10.7. The van der Waals surface area contributed by atoms with Gasteiger partial charge in [-0.1, -0.05) is 23.8 Å². The van der Waals surface area contributed by atoms with E-state index in [4.69, 9.17) is 14.2 Å². The second kappa shape index (κ2) is 11.9. The SMILES string of the molecule is COc1cc(/C=N\NC(=O)COc2ccc(C)cc2[N+](=O)[O-])cc(Br)c1OC(=O)c1ccc(C)cc1. The zero-order chi connectivity index (χ0) is 26.2. The molecule has 0 aromatic heterocycles. The Labute approximate surface area is 215 Å². The Morgan fingerprint density at radius 3 is 2.42 bits per heavy atom. The van der Waals surface area contributed by atoms with E-state index in [1.54, 1.807) is 37.3 Å². The maximum Gasteiger partial charge on any atom is 0.343 e. The van der Waals surface area contributed by atoms with Gasteiger partial charge in [0.05, 0.1) is 28.3 Å². The third-order valence-electron chi connectivity index (χ3n) is 4.81. The number of carbonyl (C=O) groups is 2. The van der Waals surface area contributed by atoms with E-state index < -0.39 is 23.4 Å². The Bertz CT molecular complexity index is 1320. The number of nitro benzene ring substituents is 1. The lowest BCUT2D eigenvalue weighted by atomic mass is 10.1. The van der Waals surface area contributed by atoms with Crippen molar-refractivity contribution >= 4 is 39.7 Å². The molecule has 186 valence electrons. The average Bonchev–Trinajstić information content (AvgIpc) is 2.84. The number of nitro groups is 1. The van der Waals surface area contributed by atoms with Crippen LogP contribution in [0.4, 0.5) is 5.69 Å². The number of methoxy groups -OCH3 is 1. The molecule has 3 aromatic carbocycles. The van der Waals surface area contributed by atoms with Gasteiger partial charge >= 0.3 is 11.7 Å². The number of nitrogens with zero attached hydrogens (tertiary/aromatic N) is 2. The van der Waals surface area contributed by atoms with Crippen LogP contribution < -0.4 is 19.6 Å². The fourth-order valence-corrected chi connectivity index (χ4v) is 3.54. The quantitative estimate of drug-likeness (QED) is 0.133. The maximum atomic E-state index is 12.5. The van der Waals surface area contributed by atoms with Crippen molar-refractivity contribution in [3.8, 4) is 17.2 Å². The molecular weight excluding hydrogens is 534 g/mol. The largest absolute Gasteiger partial charge is 0.493 e. The fourth-order valence-electron chi connectivity index (χ4n) is 3.00. The minimum atomic E-state index is -0.615. The number of hydrogen-bond donors (Lipinski definition) is 1. The molecule has 0 atom stereocenters. The first-order chi connectivity index (χ1) is 17.2. The van der Waals surface area contributed by atoms with Crippen molar-refractivity contribution in [2.75, 3.05) is 13.7 Å². The van der Waals surface area contributed by atoms with Crippen LogP contribution in [0.25, 0.3) is 0 Å². The summed E-state index contributed by atoms with van der Waals surface area (Å²) < 4.78 is 16.6. The van der Waals surface area contributed by atoms with Gasteiger partial charge in [-0.25, -0.2) is 10.2 Å². The highest BCUT2D eigenvalue weighted by Gasteiger charge is 2.18. The molecule has 0 aliphatic rings. The number of carbonyl (C=O) groups excluding carboxylic acids is 2. The number of esters is 1. The van der Waals surface area contributed by atoms with E-state index in [0.29, 0.717) is 21.2 Å². The maximum absolute atomic E-state index is 12.5. The van der Waals surface area contributed by atoms with E-state index >= 15 is 0 Å². The number of hydrazone groups is 1. The smallest absolute Gasteiger partial charge is 0.343 e. The zero-order valence-electron chi connectivity index (χ0n) is 19.6. The highest BCUT2D eigenvalue weighted by Crippen LogP contribution is 2.37. The minimum absolute atomic E-state index is 0.0193. The molecule has 1 amide bonds. The van der Waals surface area contributed by atoms with Crippen molar-refractivity contribution in [1.82, 2.24) is 5.43 Å². The second-order valence-electron chi connectivity index (χ2n) is 7.60. The molecule has 0 radical (unpaired) electrons. The lowest BCUT2D eigenvalue weighted by Gasteiger charge is -2.12. The summed E-state index contributed by atoms with van der Waals surface area (Å²) in [5, 5.41) is 15.0. The standard InChI is InChI=1S/C25H22BrN3O7/c1-15-4-7-18(8-5-15)25(31)36-24-19(26)11-17(12-22(24)34-3)13-27-28-23(30)14-35-21-9-6-16(2)10-20(21)29(32)33/h4-13H,14H2,1-3H3,(H,28,30)/b27-13-. The monoisotopic (exact) mass is 555 g/mol. The van der Waals surface area contributed by atoms with E-state index in [1.165, 1.54) is 25.5 Å². The Morgan fingerprint density at radius 1 is 1.06 bits per heavy atom. The van der Waals surface area contributed by atoms with Crippen molar-refractivity contribution < 1.29 is 28.7 Å². The Hall–Kier alpha value is -4.25. The number of nitrogens with one attached hydrogen (secondary N) is 1. The van der Waals surface area contributed by atoms with E-state index in [1.807, 2.05) is 19.1 Å². The van der Waals surface area contributed by atoms with E-state index in [0.717, 1.165) is 5.56 Å². The van der Waals surface area contributed by atoms with E-state index in [2.05, 4.69) is 26.5 Å². The number of benzene rings is 3. The third-order valence-corrected chi connectivity index (χ3v) is 5.40. The molecule has 0 heterocycles. The minimum Gasteiger partial charge on any atom is -0.493 e. The lowest BCUT2D eigenvalue weighted by molar-refractivity contribution is -0.385. The summed E-state index contributed by atoms with van der Waals surface area (Å²) in [4.78, 5) is 35.1. The highest BCUT2D eigenvalue weighted by atomic mass is 79.9. The van der Waals surface area contributed by atoms with Crippen LogP contribution in [0.15, 0.2) is 64.2 Å². The highest BCUT2D eigenvalue weighted by molar-refractivity contribution is 9.10. The summed E-state index contributed by atoms with van der Waals surface area (Å²) in [7, 11) is 1.43. The molecule has 11 heteroatoms. The van der Waals surface area contributed by atoms with Crippen LogP contribution in [-0.2, 0) is 4.79 Å². The number of aryl methyl sites for hydroxylation is 2. The molecular formula is C25H22BrN3O7. The first-order valence-corrected chi connectivity index (χ1v) is 11.3. The zero-order valence-corrected chi connectivity index (χ0v) is 21.2. The molecule has 0 saturated carbocycles. The number of halogens is 1. The summed E-state index contributed by atoms with van der Waals surface area (Å²) in [5.41, 5.74) is 4.69. The molecule has 0 bridgehead atoms. The van der Waals surface area contributed by atoms with E-state index in [9.17, 15) is 19.7 Å². The van der Waals surface area contributed by atoms with Crippen LogP contribution in [0.5, 0.6) is 17.2 Å². The van der Waals surface area contributed by atoms with Gasteiger partial charge < -0.3 is 14.2 Å². The molecule has 1 N–H and O–H groups in total. The van der Waals surface area contributed by atoms with Crippen LogP contribution in [0, 0.1) is 24.0 Å². The first kappa shape index (κ1) is 26.4. The van der Waals surface area contributed by atoms with Crippen LogP contribution in [0.2, 0.25) is 0 Å². The predicted octanol–water partition coefficient (Wildman–Crippen LogP) is 4.73. The number of rotatable bonds is 9. The van der Waals surface area contributed by atoms with Gasteiger partial charge in [0.25, 0.3) is 5.91 Å². The Kier molecular flexibility index (Phi) is 8.74. The van der Waals surface area contributed by atoms with Crippen molar-refractivity contribution in [2.24, 2.45) is 5.10 Å². The molecule has 10 nitrogen and oxygen atoms in total. The summed E-state index contributed by atoms with van der Waals surface area (Å²) >= 11 is 3.37. The molecule has 3 rings (SSSR count). The average molecular weight is 556 g/mol. The topological polar surface area (TPSA) is 129 Å². The van der Waals surface area contributed by atoms with Gasteiger partial charge in [-0.05, 0) is 71.2 Å². The predicted molar refractivity (Wildman–Crippen MR) is 136 cm³/mol. The first-order valence-electron chi connectivity index (χ1n) is 10.5. The van der Waals surface area contributed by atoms with Gasteiger partial charge in [0.1, 0.15) is 0 Å². The molecule has 3 aromatic rings. The summed E-state index contributed by atoms with van der Waals surface area (Å²) in [6.45, 7) is 3.16. The summed E-state index contributed by atoms with van der Waals surface area (Å²) in [6.07, 6.45) is 1.35. The molecule has 0 saturated heterocycles. The van der Waals surface area contributed by atoms with Gasteiger partial charge in [-0.2, -0.15) is 5.10 Å². The summed E-state index contributed by atoms with van der Waals surface area (Å²) in [5.74, 6) is -0.716. The van der Waals surface area contributed by atoms with Crippen molar-refractivity contribution in [1.29, 1.82) is 0 Å². The van der Waals surface area contributed by atoms with Crippen molar-refractivity contribution in [3.63, 3.8) is 0 Å². The van der Waals surface area contributed by atoms with Crippen molar-refractivity contribution in [3.05, 3.63) is 91.4 Å². The number of ether oxygens (including phenoxy) is 3. The van der Waals surface area contributed by atoms with Crippen molar-refractivity contribution in [2.45, 2.75) is 13.8 Å². The van der Waals surface area contributed by atoms with Gasteiger partial charge in [-0.3, -0.25) is 14.9 Å². The van der Waals surface area contributed by atoms with Gasteiger partial charge in [-0.15, -0.1) is 0 Å². The summed E-state index contributed by atoms with van der Waals surface area (Å²) in [6, 6.07) is 14.6. The van der Waals surface area contributed by atoms with Crippen LogP contribution in [0.1, 0.15) is 27.0 Å². The Balaban J connectivity index is 1.63. The van der Waals surface area contributed by atoms with E-state index in [-0.39, 0.29) is 22.9 Å². The lowest BCUT2D eigenvalue weighted by Crippen LogP contribution is -2.24. The molecule has 0 unspecified atom stereocenters. The number of hydrogen-bond acceptors (Lipinski definition) is 8. The van der Waals surface area contributed by atoms with Crippen LogP contribution in [-0.4, -0.2) is 36.7 Å². The molecule has 0 fully saturated rings. The Morgan fingerprint density at radius 2 is 1.75 bits per heavy atom. The number of amides is 1. The molecule has 36 heavy (non-hydrogen) atoms. The van der Waals surface area contributed by atoms with Gasteiger partial charge in [0.2, 0.25) is 0 Å².